The molecule has 11 nitrogen and oxygen atoms in total. The number of ketones is 2. The van der Waals surface area contributed by atoms with Crippen molar-refractivity contribution < 1.29 is 64.1 Å². The summed E-state index contributed by atoms with van der Waals surface area (Å²) in [6.45, 7) is 0. The third-order valence-electron chi connectivity index (χ3n) is 5.22. The van der Waals surface area contributed by atoms with Gasteiger partial charge >= 0.3 is 41.5 Å². The molecule has 0 fully saturated rings. The molecule has 0 atom stereocenters. The summed E-state index contributed by atoms with van der Waals surface area (Å²) in [7, 11) is 1.25. The number of aromatic carboxylic acids is 1. The predicted molar refractivity (Wildman–Crippen MR) is 153 cm³/mol. The fourth-order valence-corrected chi connectivity index (χ4v) is 4.62. The first-order chi connectivity index (χ1) is 18.5. The quantitative estimate of drug-likeness (QED) is 0.144. The number of rotatable bonds is 8. The number of carboxylic acids is 1. The molecular formula is C26H23Cl4N4NaO7. The fraction of sp³-hybridized carbons (Fsp3) is 0.154. The first-order valence-corrected chi connectivity index (χ1v) is 12.4. The summed E-state index contributed by atoms with van der Waals surface area (Å²) in [4.78, 5) is 46.8. The van der Waals surface area contributed by atoms with Crippen LogP contribution in [0.3, 0.4) is 0 Å². The van der Waals surface area contributed by atoms with E-state index in [-0.39, 0.29) is 115 Å². The van der Waals surface area contributed by atoms with Crippen LogP contribution in [-0.4, -0.2) is 61.6 Å². The molecule has 4 N–H and O–H groups in total. The van der Waals surface area contributed by atoms with Crippen LogP contribution < -0.4 is 29.6 Å². The summed E-state index contributed by atoms with van der Waals surface area (Å²) in [5, 5.41) is 22.1. The minimum Gasteiger partial charge on any atom is -0.870 e. The average molecular weight is 668 g/mol. The summed E-state index contributed by atoms with van der Waals surface area (Å²) in [5.74, 6) is -2.42. The van der Waals surface area contributed by atoms with E-state index >= 15 is 0 Å². The number of halogens is 4. The number of esters is 1. The van der Waals surface area contributed by atoms with E-state index in [0.29, 0.717) is 5.56 Å². The Morgan fingerprint density at radius 2 is 1.12 bits per heavy atom. The number of nitrogens with one attached hydrogen (secondary N) is 2. The summed E-state index contributed by atoms with van der Waals surface area (Å²) in [6.07, 6.45) is 2.51. The van der Waals surface area contributed by atoms with E-state index in [4.69, 9.17) is 51.5 Å². The van der Waals surface area contributed by atoms with Crippen molar-refractivity contribution in [1.29, 1.82) is 0 Å². The molecule has 0 saturated heterocycles. The van der Waals surface area contributed by atoms with E-state index in [1.165, 1.54) is 19.5 Å². The smallest absolute Gasteiger partial charge is 0.870 e. The molecule has 0 aliphatic rings. The Balaban J connectivity index is 0.000000748. The number of carbonyl (C=O) groups excluding carboxylic acids is 3. The van der Waals surface area contributed by atoms with Crippen molar-refractivity contribution in [3.05, 3.63) is 103 Å². The van der Waals surface area contributed by atoms with Gasteiger partial charge in [0.15, 0.2) is 11.6 Å². The number of benzene rings is 2. The molecule has 0 bridgehead atoms. The van der Waals surface area contributed by atoms with Crippen molar-refractivity contribution in [3.63, 3.8) is 0 Å². The summed E-state index contributed by atoms with van der Waals surface area (Å²) in [6, 6.07) is 9.54. The van der Waals surface area contributed by atoms with Crippen LogP contribution in [0.15, 0.2) is 48.8 Å². The summed E-state index contributed by atoms with van der Waals surface area (Å²) < 4.78 is 4.60. The maximum Gasteiger partial charge on any atom is 1.00 e. The number of carboxylic acid groups (broad SMARTS) is 1. The number of nitrogens with zero attached hydrogens (tertiary/aromatic N) is 2. The first-order valence-electron chi connectivity index (χ1n) is 10.9. The molecule has 16 heteroatoms. The third-order valence-corrected chi connectivity index (χ3v) is 6.48. The molecule has 42 heavy (non-hydrogen) atoms. The van der Waals surface area contributed by atoms with Gasteiger partial charge in [0, 0.05) is 24.0 Å². The molecule has 2 aromatic carbocycles. The van der Waals surface area contributed by atoms with Gasteiger partial charge in [0.2, 0.25) is 0 Å². The molecule has 0 spiro atoms. The van der Waals surface area contributed by atoms with Gasteiger partial charge in [-0.2, -0.15) is 10.2 Å². The van der Waals surface area contributed by atoms with Gasteiger partial charge in [0.05, 0.1) is 50.7 Å². The van der Waals surface area contributed by atoms with Crippen LogP contribution >= 0.6 is 46.4 Å². The zero-order valence-electron chi connectivity index (χ0n) is 21.4. The molecule has 0 unspecified atom stereocenters. The molecule has 0 aliphatic carbocycles. The zero-order chi connectivity index (χ0) is 28.7. The van der Waals surface area contributed by atoms with Gasteiger partial charge < -0.3 is 15.3 Å². The van der Waals surface area contributed by atoms with Gasteiger partial charge in [-0.1, -0.05) is 66.0 Å². The second-order valence-electron chi connectivity index (χ2n) is 7.73. The minimum absolute atomic E-state index is 0. The second kappa shape index (κ2) is 18.0. The largest absolute Gasteiger partial charge is 1.00 e. The maximum absolute atomic E-state index is 12.3. The number of ether oxygens (including phenoxy) is 1. The van der Waals surface area contributed by atoms with Crippen LogP contribution in [0.4, 0.5) is 0 Å². The van der Waals surface area contributed by atoms with Gasteiger partial charge in [0.1, 0.15) is 11.4 Å². The zero-order valence-corrected chi connectivity index (χ0v) is 26.4. The van der Waals surface area contributed by atoms with Crippen molar-refractivity contribution in [3.8, 4) is 0 Å². The van der Waals surface area contributed by atoms with Gasteiger partial charge in [0.25, 0.3) is 0 Å². The van der Waals surface area contributed by atoms with Crippen LogP contribution in [0.25, 0.3) is 0 Å². The third kappa shape index (κ3) is 9.65. The molecule has 218 valence electrons. The molecule has 0 amide bonds. The fourth-order valence-electron chi connectivity index (χ4n) is 3.41. The SMILES string of the molecule is C.COC(=O)c1[nH]ncc1CC(=O)c1c(Cl)cccc1Cl.O=C(O)c1[nH]ncc1CC(=O)c1c(Cl)cccc1Cl.[Na+].[OH-]. The number of hydrogen-bond acceptors (Lipinski definition) is 8. The number of hydrogen-bond donors (Lipinski definition) is 3. The Hall–Kier alpha value is -2.74. The molecule has 0 aliphatic heterocycles. The van der Waals surface area contributed by atoms with E-state index < -0.39 is 11.9 Å². The Kier molecular flexibility index (Phi) is 16.9. The van der Waals surface area contributed by atoms with Crippen LogP contribution in [0.5, 0.6) is 0 Å². The van der Waals surface area contributed by atoms with Gasteiger partial charge in [-0.15, -0.1) is 0 Å². The molecule has 2 aromatic heterocycles. The number of aromatic nitrogens is 4. The van der Waals surface area contributed by atoms with Gasteiger partial charge in [-0.25, -0.2) is 9.59 Å². The Labute approximate surface area is 282 Å². The summed E-state index contributed by atoms with van der Waals surface area (Å²) in [5.41, 5.74) is 1.16. The molecule has 0 saturated carbocycles. The van der Waals surface area contributed by atoms with Crippen molar-refractivity contribution in [2.75, 3.05) is 7.11 Å². The van der Waals surface area contributed by atoms with Gasteiger partial charge in [-0.3, -0.25) is 19.8 Å². The summed E-state index contributed by atoms with van der Waals surface area (Å²) >= 11 is 23.8. The Bertz CT molecular complexity index is 1520. The Morgan fingerprint density at radius 1 is 0.762 bits per heavy atom. The molecule has 4 rings (SSSR count). The number of H-pyrrole nitrogens is 2. The van der Waals surface area contributed by atoms with Crippen molar-refractivity contribution in [2.45, 2.75) is 20.3 Å². The molecule has 2 heterocycles. The number of methoxy groups -OCH3 is 1. The molecule has 4 aromatic rings. The van der Waals surface area contributed by atoms with Crippen LogP contribution in [0.2, 0.25) is 20.1 Å². The Morgan fingerprint density at radius 3 is 1.48 bits per heavy atom. The number of carbonyl (C=O) groups is 4. The normalized spacial score (nSPS) is 9.64. The second-order valence-corrected chi connectivity index (χ2v) is 9.36. The van der Waals surface area contributed by atoms with E-state index in [1.54, 1.807) is 36.4 Å². The van der Waals surface area contributed by atoms with Crippen molar-refractivity contribution >= 4 is 69.9 Å². The van der Waals surface area contributed by atoms with Crippen LogP contribution in [0, 0.1) is 0 Å². The van der Waals surface area contributed by atoms with E-state index in [2.05, 4.69) is 25.1 Å². The predicted octanol–water partition coefficient (Wildman–Crippen LogP) is 3.23. The topological polar surface area (TPSA) is 185 Å². The van der Waals surface area contributed by atoms with E-state index in [9.17, 15) is 19.2 Å². The van der Waals surface area contributed by atoms with E-state index in [0.717, 1.165) is 0 Å². The standard InChI is InChI=1S/C13H10Cl2N2O3.C12H8Cl2N2O3.CH4.Na.H2O/c1-20-13(19)12-7(6-16-17-12)5-10(18)11-8(14)3-2-4-9(11)15;13-7-2-1-3-8(14)10(7)9(17)4-6-5-15-16-11(6)12(18)19;;;/h2-4,6H,5H2,1H3,(H,16,17);1-3,5H,4H2,(H,15,16)(H,18,19);1H4;;1H2/q;;;+1;/p-1. The average Bonchev–Trinajstić information content (AvgIpc) is 3.53. The number of Topliss-reactive ketones (excluding diaryl/α,β-unsaturated/α-hetero) is 2. The minimum atomic E-state index is -1.18. The first kappa shape index (κ1) is 39.3. The van der Waals surface area contributed by atoms with Gasteiger partial charge in [-0.05, 0) is 24.3 Å². The van der Waals surface area contributed by atoms with Crippen LogP contribution in [0.1, 0.15) is 60.2 Å². The van der Waals surface area contributed by atoms with E-state index in [1.807, 2.05) is 0 Å². The number of aromatic amines is 2. The molecule has 0 radical (unpaired) electrons. The maximum atomic E-state index is 12.3. The van der Waals surface area contributed by atoms with Crippen LogP contribution in [-0.2, 0) is 17.6 Å². The van der Waals surface area contributed by atoms with Crippen molar-refractivity contribution in [2.24, 2.45) is 0 Å². The monoisotopic (exact) mass is 666 g/mol. The van der Waals surface area contributed by atoms with Crippen molar-refractivity contribution in [1.82, 2.24) is 20.4 Å². The molecular weight excluding hydrogens is 645 g/mol.